The first-order valence-electron chi connectivity index (χ1n) is 10.6. The fourth-order valence-corrected chi connectivity index (χ4v) is 4.54. The second-order valence-electron chi connectivity index (χ2n) is 7.68. The summed E-state index contributed by atoms with van der Waals surface area (Å²) in [5, 5.41) is 6.48. The Morgan fingerprint density at radius 2 is 1.52 bits per heavy atom. The molecule has 0 aliphatic heterocycles. The highest BCUT2D eigenvalue weighted by atomic mass is 32.1. The summed E-state index contributed by atoms with van der Waals surface area (Å²) >= 11 is 1.46. The van der Waals surface area contributed by atoms with Crippen LogP contribution in [0, 0.1) is 6.92 Å². The molecule has 4 nitrogen and oxygen atoms in total. The molecule has 0 radical (unpaired) electrons. The first-order chi connectivity index (χ1) is 16.2. The van der Waals surface area contributed by atoms with Crippen molar-refractivity contribution in [2.45, 2.75) is 6.92 Å². The maximum atomic E-state index is 13.5. The van der Waals surface area contributed by atoms with Crippen LogP contribution in [0.5, 0.6) is 0 Å². The van der Waals surface area contributed by atoms with Gasteiger partial charge in [0.15, 0.2) is 0 Å². The molecule has 0 saturated heterocycles. The summed E-state index contributed by atoms with van der Waals surface area (Å²) in [5.74, 6) is -0.224. The van der Waals surface area contributed by atoms with Gasteiger partial charge in [-0.15, -0.1) is 0 Å². The minimum absolute atomic E-state index is 0.224. The Bertz CT molecular complexity index is 1430. The molecule has 0 spiro atoms. The van der Waals surface area contributed by atoms with E-state index in [0.717, 1.165) is 32.5 Å². The van der Waals surface area contributed by atoms with Gasteiger partial charge in [0, 0.05) is 5.56 Å². The van der Waals surface area contributed by atoms with Gasteiger partial charge in [0.05, 0.1) is 16.4 Å². The number of hydrogen-bond donors (Lipinski definition) is 0. The maximum Gasteiger partial charge on any atom is 0.280 e. The van der Waals surface area contributed by atoms with Crippen molar-refractivity contribution >= 4 is 38.8 Å². The van der Waals surface area contributed by atoms with E-state index in [1.54, 1.807) is 6.21 Å². The third kappa shape index (κ3) is 4.59. The van der Waals surface area contributed by atoms with E-state index in [2.05, 4.69) is 28.3 Å². The first-order valence-corrected chi connectivity index (χ1v) is 11.5. The lowest BCUT2D eigenvalue weighted by Gasteiger charge is -2.14. The van der Waals surface area contributed by atoms with Gasteiger partial charge in [0.2, 0.25) is 5.13 Å². The number of fused-ring (bicyclic) bond motifs is 1. The molecule has 0 fully saturated rings. The molecule has 1 amide bonds. The number of rotatable bonds is 5. The number of hydrogen-bond acceptors (Lipinski definition) is 4. The van der Waals surface area contributed by atoms with Gasteiger partial charge in [0.1, 0.15) is 0 Å². The average Bonchev–Trinajstić information content (AvgIpc) is 3.28. The monoisotopic (exact) mass is 447 g/mol. The van der Waals surface area contributed by atoms with Crippen molar-refractivity contribution in [2.24, 2.45) is 5.10 Å². The fourth-order valence-electron chi connectivity index (χ4n) is 3.52. The Kier molecular flexibility index (Phi) is 5.79. The summed E-state index contributed by atoms with van der Waals surface area (Å²) in [4.78, 5) is 18.2. The Morgan fingerprint density at radius 1 is 0.848 bits per heavy atom. The van der Waals surface area contributed by atoms with Crippen LogP contribution in [0.25, 0.3) is 21.3 Å². The quantitative estimate of drug-likeness (QED) is 0.216. The number of hydrazone groups is 1. The third-order valence-corrected chi connectivity index (χ3v) is 6.26. The molecule has 0 unspecified atom stereocenters. The largest absolute Gasteiger partial charge is 0.280 e. The minimum Gasteiger partial charge on any atom is -0.267 e. The van der Waals surface area contributed by atoms with Crippen LogP contribution in [-0.4, -0.2) is 17.1 Å². The minimum atomic E-state index is -0.224. The summed E-state index contributed by atoms with van der Waals surface area (Å²) < 4.78 is 1.03. The van der Waals surface area contributed by atoms with E-state index in [1.165, 1.54) is 16.3 Å². The highest BCUT2D eigenvalue weighted by Crippen LogP contribution is 2.31. The van der Waals surface area contributed by atoms with Crippen LogP contribution >= 0.6 is 11.3 Å². The topological polar surface area (TPSA) is 45.6 Å². The summed E-state index contributed by atoms with van der Waals surface area (Å²) in [6, 6.07) is 33.5. The van der Waals surface area contributed by atoms with E-state index in [0.29, 0.717) is 10.7 Å². The normalized spacial score (nSPS) is 11.2. The Morgan fingerprint density at radius 3 is 2.24 bits per heavy atom. The molecule has 5 rings (SSSR count). The summed E-state index contributed by atoms with van der Waals surface area (Å²) in [6.45, 7) is 2.05. The van der Waals surface area contributed by atoms with Crippen LogP contribution in [-0.2, 0) is 0 Å². The molecular weight excluding hydrogens is 426 g/mol. The number of carbonyl (C=O) groups excluding carboxylic acids is 1. The van der Waals surface area contributed by atoms with Crippen molar-refractivity contribution in [1.29, 1.82) is 0 Å². The SMILES string of the molecule is Cc1ccc2nc(N(/N=C/c3ccccc3)C(=O)c3ccc(-c4ccccc4)cc3)sc2c1. The molecule has 1 heterocycles. The molecule has 5 heteroatoms. The highest BCUT2D eigenvalue weighted by molar-refractivity contribution is 7.22. The zero-order valence-corrected chi connectivity index (χ0v) is 18.9. The number of nitrogens with zero attached hydrogens (tertiary/aromatic N) is 3. The Balaban J connectivity index is 1.51. The van der Waals surface area contributed by atoms with Crippen molar-refractivity contribution in [3.63, 3.8) is 0 Å². The standard InChI is InChI=1S/C28H21N3OS/c1-20-12-17-25-26(18-20)33-28(30-25)31(29-19-21-8-4-2-5-9-21)27(32)24-15-13-23(14-16-24)22-10-6-3-7-11-22/h2-19H,1H3/b29-19+. The van der Waals surface area contributed by atoms with Crippen molar-refractivity contribution in [2.75, 3.05) is 5.01 Å². The molecule has 1 aromatic heterocycles. The van der Waals surface area contributed by atoms with Gasteiger partial charge in [-0.3, -0.25) is 4.79 Å². The highest BCUT2D eigenvalue weighted by Gasteiger charge is 2.21. The molecule has 0 aliphatic rings. The van der Waals surface area contributed by atoms with E-state index < -0.39 is 0 Å². The lowest BCUT2D eigenvalue weighted by molar-refractivity contribution is 0.0988. The van der Waals surface area contributed by atoms with E-state index in [1.807, 2.05) is 91.9 Å². The van der Waals surface area contributed by atoms with Crippen LogP contribution in [0.4, 0.5) is 5.13 Å². The molecule has 0 saturated carbocycles. The number of thiazole rings is 1. The third-order valence-electron chi connectivity index (χ3n) is 5.27. The van der Waals surface area contributed by atoms with Crippen LogP contribution in [0.3, 0.4) is 0 Å². The molecule has 33 heavy (non-hydrogen) atoms. The summed E-state index contributed by atoms with van der Waals surface area (Å²) in [7, 11) is 0. The molecular formula is C28H21N3OS. The fraction of sp³-hybridized carbons (Fsp3) is 0.0357. The van der Waals surface area contributed by atoms with Gasteiger partial charge in [-0.05, 0) is 53.4 Å². The zero-order valence-electron chi connectivity index (χ0n) is 18.1. The molecule has 0 N–H and O–H groups in total. The molecule has 0 bridgehead atoms. The van der Waals surface area contributed by atoms with Crippen LogP contribution in [0.2, 0.25) is 0 Å². The summed E-state index contributed by atoms with van der Waals surface area (Å²) in [6.07, 6.45) is 1.69. The number of benzene rings is 4. The molecule has 0 atom stereocenters. The van der Waals surface area contributed by atoms with E-state index in [-0.39, 0.29) is 5.91 Å². The zero-order chi connectivity index (χ0) is 22.6. The second kappa shape index (κ2) is 9.18. The number of aryl methyl sites for hydroxylation is 1. The number of aromatic nitrogens is 1. The van der Waals surface area contributed by atoms with Gasteiger partial charge in [-0.1, -0.05) is 90.2 Å². The van der Waals surface area contributed by atoms with E-state index >= 15 is 0 Å². The Labute approximate surface area is 196 Å². The smallest absolute Gasteiger partial charge is 0.267 e. The van der Waals surface area contributed by atoms with Crippen molar-refractivity contribution in [3.8, 4) is 11.1 Å². The van der Waals surface area contributed by atoms with Crippen molar-refractivity contribution in [3.05, 3.63) is 120 Å². The second-order valence-corrected chi connectivity index (χ2v) is 8.69. The lowest BCUT2D eigenvalue weighted by Crippen LogP contribution is -2.25. The summed E-state index contributed by atoms with van der Waals surface area (Å²) in [5.41, 5.74) is 5.63. The molecule has 5 aromatic rings. The molecule has 4 aromatic carbocycles. The van der Waals surface area contributed by atoms with Crippen LogP contribution < -0.4 is 5.01 Å². The predicted octanol–water partition coefficient (Wildman–Crippen LogP) is 6.95. The first kappa shape index (κ1) is 20.8. The molecule has 0 aliphatic carbocycles. The van der Waals surface area contributed by atoms with E-state index in [4.69, 9.17) is 0 Å². The predicted molar refractivity (Wildman–Crippen MR) is 137 cm³/mol. The van der Waals surface area contributed by atoms with E-state index in [9.17, 15) is 4.79 Å². The molecule has 160 valence electrons. The number of amides is 1. The van der Waals surface area contributed by atoms with Gasteiger partial charge in [-0.2, -0.15) is 10.1 Å². The average molecular weight is 448 g/mol. The van der Waals surface area contributed by atoms with Gasteiger partial charge in [-0.25, -0.2) is 4.98 Å². The van der Waals surface area contributed by atoms with Crippen LogP contribution in [0.15, 0.2) is 108 Å². The number of anilines is 1. The van der Waals surface area contributed by atoms with Gasteiger partial charge in [0.25, 0.3) is 5.91 Å². The van der Waals surface area contributed by atoms with Crippen molar-refractivity contribution < 1.29 is 4.79 Å². The maximum absolute atomic E-state index is 13.5. The van der Waals surface area contributed by atoms with Crippen LogP contribution in [0.1, 0.15) is 21.5 Å². The number of carbonyl (C=O) groups is 1. The van der Waals surface area contributed by atoms with Gasteiger partial charge < -0.3 is 0 Å². The lowest BCUT2D eigenvalue weighted by atomic mass is 10.0. The van der Waals surface area contributed by atoms with Gasteiger partial charge >= 0.3 is 0 Å². The van der Waals surface area contributed by atoms with Crippen molar-refractivity contribution in [1.82, 2.24) is 4.98 Å². The Hall–Kier alpha value is -4.09.